The first-order chi connectivity index (χ1) is 8.70. The maximum atomic E-state index is 11.7. The van der Waals surface area contributed by atoms with Crippen molar-refractivity contribution in [3.8, 4) is 0 Å². The van der Waals surface area contributed by atoms with Crippen molar-refractivity contribution < 1.29 is 14.3 Å². The highest BCUT2D eigenvalue weighted by molar-refractivity contribution is 5.83. The van der Waals surface area contributed by atoms with E-state index in [1.807, 2.05) is 4.90 Å². The maximum Gasteiger partial charge on any atom is 0.324 e. The van der Waals surface area contributed by atoms with Crippen molar-refractivity contribution >= 4 is 11.9 Å². The summed E-state index contributed by atoms with van der Waals surface area (Å²) in [5.41, 5.74) is 0. The van der Waals surface area contributed by atoms with Crippen molar-refractivity contribution in [2.75, 3.05) is 39.8 Å². The fourth-order valence-electron chi connectivity index (χ4n) is 2.65. The van der Waals surface area contributed by atoms with Gasteiger partial charge in [0.25, 0.3) is 0 Å². The zero-order valence-electron chi connectivity index (χ0n) is 10.8. The van der Waals surface area contributed by atoms with Crippen LogP contribution in [0.5, 0.6) is 0 Å². The van der Waals surface area contributed by atoms with Crippen LogP contribution in [0.4, 0.5) is 0 Å². The van der Waals surface area contributed by atoms with Crippen LogP contribution in [0, 0.1) is 5.92 Å². The number of rotatable bonds is 3. The summed E-state index contributed by atoms with van der Waals surface area (Å²) >= 11 is 0. The normalized spacial score (nSPS) is 26.7. The molecule has 2 aliphatic heterocycles. The summed E-state index contributed by atoms with van der Waals surface area (Å²) in [5.74, 6) is 0.289. The summed E-state index contributed by atoms with van der Waals surface area (Å²) in [6.07, 6.45) is 2.21. The van der Waals surface area contributed by atoms with Crippen molar-refractivity contribution in [3.63, 3.8) is 0 Å². The van der Waals surface area contributed by atoms with E-state index in [0.29, 0.717) is 19.0 Å². The lowest BCUT2D eigenvalue weighted by atomic mass is 9.96. The third-order valence-electron chi connectivity index (χ3n) is 3.70. The van der Waals surface area contributed by atoms with E-state index in [1.54, 1.807) is 0 Å². The smallest absolute Gasteiger partial charge is 0.324 e. The van der Waals surface area contributed by atoms with Crippen molar-refractivity contribution in [2.24, 2.45) is 5.92 Å². The summed E-state index contributed by atoms with van der Waals surface area (Å²) in [4.78, 5) is 25.1. The molecule has 1 amide bonds. The molecule has 2 aliphatic rings. The Morgan fingerprint density at radius 3 is 2.83 bits per heavy atom. The Morgan fingerprint density at radius 2 is 2.17 bits per heavy atom. The minimum atomic E-state index is -0.331. The maximum absolute atomic E-state index is 11.7. The summed E-state index contributed by atoms with van der Waals surface area (Å²) in [7, 11) is 1.39. The second-order valence-corrected chi connectivity index (χ2v) is 4.97. The second-order valence-electron chi connectivity index (χ2n) is 4.97. The average molecular weight is 255 g/mol. The predicted molar refractivity (Wildman–Crippen MR) is 66.0 cm³/mol. The minimum Gasteiger partial charge on any atom is -0.468 e. The Labute approximate surface area is 107 Å². The van der Waals surface area contributed by atoms with Gasteiger partial charge in [-0.2, -0.15) is 0 Å². The number of methoxy groups -OCH3 is 1. The highest BCUT2D eigenvalue weighted by Crippen LogP contribution is 2.16. The van der Waals surface area contributed by atoms with Crippen LogP contribution in [0.25, 0.3) is 0 Å². The predicted octanol–water partition coefficient (Wildman–Crippen LogP) is -1.04. The number of nitrogens with one attached hydrogen (secondary N) is 2. The monoisotopic (exact) mass is 255 g/mol. The zero-order valence-corrected chi connectivity index (χ0v) is 10.8. The molecule has 0 aliphatic carbocycles. The molecule has 0 bridgehead atoms. The number of piperidine rings is 1. The number of hydrogen-bond donors (Lipinski definition) is 2. The summed E-state index contributed by atoms with van der Waals surface area (Å²) < 4.78 is 4.80. The Morgan fingerprint density at radius 1 is 1.44 bits per heavy atom. The van der Waals surface area contributed by atoms with Gasteiger partial charge in [-0.15, -0.1) is 0 Å². The van der Waals surface area contributed by atoms with Crippen LogP contribution < -0.4 is 10.6 Å². The number of hydrogen-bond acceptors (Lipinski definition) is 5. The van der Waals surface area contributed by atoms with Crippen LogP contribution in [0.15, 0.2) is 0 Å². The first kappa shape index (κ1) is 13.3. The van der Waals surface area contributed by atoms with Gasteiger partial charge in [0, 0.05) is 13.1 Å². The molecule has 0 radical (unpaired) electrons. The number of esters is 1. The fourth-order valence-corrected chi connectivity index (χ4v) is 2.65. The van der Waals surface area contributed by atoms with Crippen LogP contribution in [0.1, 0.15) is 12.8 Å². The molecule has 0 aromatic heterocycles. The van der Waals surface area contributed by atoms with Gasteiger partial charge in [0.05, 0.1) is 13.7 Å². The zero-order chi connectivity index (χ0) is 13.0. The topological polar surface area (TPSA) is 70.7 Å². The molecule has 1 unspecified atom stereocenters. The summed E-state index contributed by atoms with van der Waals surface area (Å²) in [6.45, 7) is 3.50. The number of nitrogens with zero attached hydrogens (tertiary/aromatic N) is 1. The van der Waals surface area contributed by atoms with E-state index in [2.05, 4.69) is 10.6 Å². The molecule has 2 heterocycles. The van der Waals surface area contributed by atoms with Gasteiger partial charge in [-0.05, 0) is 31.8 Å². The van der Waals surface area contributed by atoms with Gasteiger partial charge >= 0.3 is 5.97 Å². The molecule has 0 saturated carbocycles. The van der Waals surface area contributed by atoms with Gasteiger partial charge < -0.3 is 15.4 Å². The first-order valence-corrected chi connectivity index (χ1v) is 6.50. The number of carbonyl (C=O) groups excluding carboxylic acids is 2. The standard InChI is InChI=1S/C12H21N3O3/c1-18-12(17)10-6-14-11(16)8-15(10)7-9-2-4-13-5-3-9/h9-10,13H,2-8H2,1H3,(H,14,16). The molecule has 6 heteroatoms. The lowest BCUT2D eigenvalue weighted by Gasteiger charge is -2.36. The van der Waals surface area contributed by atoms with Gasteiger partial charge in [0.15, 0.2) is 0 Å². The largest absolute Gasteiger partial charge is 0.468 e. The van der Waals surface area contributed by atoms with E-state index in [1.165, 1.54) is 7.11 Å². The number of carbonyl (C=O) groups is 2. The molecule has 0 aromatic rings. The third kappa shape index (κ3) is 3.20. The molecule has 0 spiro atoms. The molecule has 2 rings (SSSR count). The fraction of sp³-hybridized carbons (Fsp3) is 0.833. The molecule has 2 N–H and O–H groups in total. The van der Waals surface area contributed by atoms with Crippen molar-refractivity contribution in [2.45, 2.75) is 18.9 Å². The molecule has 2 saturated heterocycles. The Balaban J connectivity index is 1.95. The lowest BCUT2D eigenvalue weighted by Crippen LogP contribution is -2.59. The van der Waals surface area contributed by atoms with Crippen molar-refractivity contribution in [1.82, 2.24) is 15.5 Å². The highest BCUT2D eigenvalue weighted by atomic mass is 16.5. The molecule has 0 aromatic carbocycles. The molecule has 6 nitrogen and oxygen atoms in total. The lowest BCUT2D eigenvalue weighted by molar-refractivity contribution is -0.149. The molecule has 2 fully saturated rings. The van der Waals surface area contributed by atoms with E-state index in [9.17, 15) is 9.59 Å². The highest BCUT2D eigenvalue weighted by Gasteiger charge is 2.34. The van der Waals surface area contributed by atoms with Gasteiger partial charge in [-0.3, -0.25) is 14.5 Å². The number of piperazine rings is 1. The Kier molecular flexibility index (Phi) is 4.54. The molecular weight excluding hydrogens is 234 g/mol. The Bertz CT molecular complexity index is 316. The van der Waals surface area contributed by atoms with E-state index in [0.717, 1.165) is 32.5 Å². The van der Waals surface area contributed by atoms with Crippen molar-refractivity contribution in [1.29, 1.82) is 0 Å². The van der Waals surface area contributed by atoms with Gasteiger partial charge in [0.1, 0.15) is 6.04 Å². The number of amides is 1. The molecule has 102 valence electrons. The average Bonchev–Trinajstić information content (AvgIpc) is 2.39. The van der Waals surface area contributed by atoms with E-state index in [4.69, 9.17) is 4.74 Å². The van der Waals surface area contributed by atoms with Crippen LogP contribution in [0.3, 0.4) is 0 Å². The number of ether oxygens (including phenoxy) is 1. The first-order valence-electron chi connectivity index (χ1n) is 6.50. The SMILES string of the molecule is COC(=O)C1CNC(=O)CN1CC1CCNCC1. The molecule has 18 heavy (non-hydrogen) atoms. The van der Waals surface area contributed by atoms with E-state index in [-0.39, 0.29) is 17.9 Å². The van der Waals surface area contributed by atoms with E-state index < -0.39 is 0 Å². The van der Waals surface area contributed by atoms with Gasteiger partial charge in [0.2, 0.25) is 5.91 Å². The minimum absolute atomic E-state index is 0.0101. The van der Waals surface area contributed by atoms with Crippen molar-refractivity contribution in [3.05, 3.63) is 0 Å². The van der Waals surface area contributed by atoms with Crippen LogP contribution >= 0.6 is 0 Å². The summed E-state index contributed by atoms with van der Waals surface area (Å²) in [6, 6.07) is -0.331. The quantitative estimate of drug-likeness (QED) is 0.630. The van der Waals surface area contributed by atoms with Gasteiger partial charge in [-0.25, -0.2) is 0 Å². The second kappa shape index (κ2) is 6.15. The Hall–Kier alpha value is -1.14. The summed E-state index contributed by atoms with van der Waals surface area (Å²) in [5, 5.41) is 6.04. The molecular formula is C12H21N3O3. The van der Waals surface area contributed by atoms with Crippen LogP contribution in [-0.2, 0) is 14.3 Å². The van der Waals surface area contributed by atoms with Crippen LogP contribution in [0.2, 0.25) is 0 Å². The third-order valence-corrected chi connectivity index (χ3v) is 3.70. The van der Waals surface area contributed by atoms with Crippen LogP contribution in [-0.4, -0.2) is 62.7 Å². The molecule has 1 atom stereocenters. The van der Waals surface area contributed by atoms with Gasteiger partial charge in [-0.1, -0.05) is 0 Å². The van der Waals surface area contributed by atoms with E-state index >= 15 is 0 Å².